The Labute approximate surface area is 380 Å². The van der Waals surface area contributed by atoms with Crippen LogP contribution in [0.1, 0.15) is 304 Å². The summed E-state index contributed by atoms with van der Waals surface area (Å²) in [5.74, 6) is 0.838. The Bertz CT molecular complexity index is 931. The second-order valence-corrected chi connectivity index (χ2v) is 19.8. The first-order chi connectivity index (χ1) is 29.7. The minimum Gasteiger partial charge on any atom is -0.462 e. The number of hydrogen-bond donors (Lipinski definition) is 0. The summed E-state index contributed by atoms with van der Waals surface area (Å²) in [6, 6.07) is 0. The number of unbranched alkanes of at least 4 members (excludes halogenated alkanes) is 34. The Kier molecular flexibility index (Phi) is 46.6. The van der Waals surface area contributed by atoms with Gasteiger partial charge in [0, 0.05) is 19.3 Å². The van der Waals surface area contributed by atoms with Crippen LogP contribution in [0.3, 0.4) is 0 Å². The first-order valence-electron chi connectivity index (χ1n) is 27.2. The van der Waals surface area contributed by atoms with Gasteiger partial charge in [0.25, 0.3) is 0 Å². The van der Waals surface area contributed by atoms with Crippen LogP contribution >= 0.6 is 0 Å². The molecule has 0 saturated heterocycles. The second-order valence-electron chi connectivity index (χ2n) is 19.8. The van der Waals surface area contributed by atoms with Gasteiger partial charge in [0.2, 0.25) is 0 Å². The van der Waals surface area contributed by atoms with E-state index in [0.717, 1.165) is 69.6 Å². The largest absolute Gasteiger partial charge is 0.462 e. The van der Waals surface area contributed by atoms with Gasteiger partial charge in [-0.05, 0) is 31.1 Å². The van der Waals surface area contributed by atoms with E-state index in [-0.39, 0.29) is 31.1 Å². The Balaban J connectivity index is 4.27. The van der Waals surface area contributed by atoms with Gasteiger partial charge in [-0.2, -0.15) is 0 Å². The highest BCUT2D eigenvalue weighted by Crippen LogP contribution is 2.18. The van der Waals surface area contributed by atoms with Crippen LogP contribution in [0.5, 0.6) is 0 Å². The topological polar surface area (TPSA) is 78.9 Å². The van der Waals surface area contributed by atoms with E-state index in [2.05, 4.69) is 34.6 Å². The van der Waals surface area contributed by atoms with Gasteiger partial charge in [0.15, 0.2) is 6.10 Å². The van der Waals surface area contributed by atoms with Gasteiger partial charge in [-0.15, -0.1) is 0 Å². The first-order valence-corrected chi connectivity index (χ1v) is 27.2. The molecule has 61 heavy (non-hydrogen) atoms. The predicted molar refractivity (Wildman–Crippen MR) is 261 cm³/mol. The molecule has 1 atom stereocenters. The highest BCUT2D eigenvalue weighted by Gasteiger charge is 2.19. The normalized spacial score (nSPS) is 12.0. The third-order valence-corrected chi connectivity index (χ3v) is 12.5. The van der Waals surface area contributed by atoms with Crippen molar-refractivity contribution < 1.29 is 28.6 Å². The molecule has 0 heterocycles. The lowest BCUT2D eigenvalue weighted by molar-refractivity contribution is -0.167. The van der Waals surface area contributed by atoms with E-state index in [0.29, 0.717) is 19.3 Å². The lowest BCUT2D eigenvalue weighted by Crippen LogP contribution is -2.30. The van der Waals surface area contributed by atoms with Crippen LogP contribution in [0.4, 0.5) is 0 Å². The second kappa shape index (κ2) is 47.9. The Morgan fingerprint density at radius 2 is 0.541 bits per heavy atom. The standard InChI is InChI=1S/C55H106O6/c1-6-7-8-9-10-11-25-30-35-40-45-53(56)59-48-52(49-60-54(57)46-41-36-31-26-21-18-14-16-20-24-29-34-39-44-51(4)5)61-55(58)47-42-37-32-27-22-17-13-12-15-19-23-28-33-38-43-50(2)3/h50-52H,6-49H2,1-5H3/t52-/m0/s1. The summed E-state index contributed by atoms with van der Waals surface area (Å²) in [4.78, 5) is 38.0. The van der Waals surface area contributed by atoms with Crippen molar-refractivity contribution in [3.8, 4) is 0 Å². The van der Waals surface area contributed by atoms with E-state index < -0.39 is 6.10 Å². The molecular formula is C55H106O6. The molecule has 0 unspecified atom stereocenters. The zero-order valence-corrected chi connectivity index (χ0v) is 41.8. The molecule has 0 bridgehead atoms. The van der Waals surface area contributed by atoms with Crippen molar-refractivity contribution >= 4 is 17.9 Å². The lowest BCUT2D eigenvalue weighted by atomic mass is 10.0. The molecule has 0 spiro atoms. The van der Waals surface area contributed by atoms with Crippen LogP contribution < -0.4 is 0 Å². The minimum atomic E-state index is -0.761. The summed E-state index contributed by atoms with van der Waals surface area (Å²) in [5.41, 5.74) is 0. The highest BCUT2D eigenvalue weighted by molar-refractivity contribution is 5.71. The first kappa shape index (κ1) is 59.4. The minimum absolute atomic E-state index is 0.0631. The fraction of sp³-hybridized carbons (Fsp3) is 0.945. The van der Waals surface area contributed by atoms with Crippen molar-refractivity contribution in [2.24, 2.45) is 11.8 Å². The zero-order chi connectivity index (χ0) is 44.7. The quantitative estimate of drug-likeness (QED) is 0.0344. The summed E-state index contributed by atoms with van der Waals surface area (Å²) in [7, 11) is 0. The summed E-state index contributed by atoms with van der Waals surface area (Å²) in [6.07, 6.45) is 49.5. The highest BCUT2D eigenvalue weighted by atomic mass is 16.6. The average molecular weight is 863 g/mol. The third-order valence-electron chi connectivity index (χ3n) is 12.5. The molecule has 6 heteroatoms. The van der Waals surface area contributed by atoms with E-state index in [1.807, 2.05) is 0 Å². The zero-order valence-electron chi connectivity index (χ0n) is 41.8. The predicted octanol–water partition coefficient (Wildman–Crippen LogP) is 17.7. The summed E-state index contributed by atoms with van der Waals surface area (Å²) in [6.45, 7) is 11.4. The fourth-order valence-electron chi connectivity index (χ4n) is 8.34. The monoisotopic (exact) mass is 863 g/mol. The van der Waals surface area contributed by atoms with E-state index in [4.69, 9.17) is 14.2 Å². The van der Waals surface area contributed by atoms with Gasteiger partial charge in [-0.3, -0.25) is 14.4 Å². The number of esters is 3. The van der Waals surface area contributed by atoms with Gasteiger partial charge in [-0.25, -0.2) is 0 Å². The van der Waals surface area contributed by atoms with Crippen molar-refractivity contribution in [1.29, 1.82) is 0 Å². The van der Waals surface area contributed by atoms with Gasteiger partial charge < -0.3 is 14.2 Å². The molecule has 0 aliphatic heterocycles. The molecule has 0 aromatic heterocycles. The van der Waals surface area contributed by atoms with Crippen LogP contribution in [0, 0.1) is 11.8 Å². The molecule has 0 rings (SSSR count). The molecule has 0 fully saturated rings. The summed E-state index contributed by atoms with van der Waals surface area (Å²) in [5, 5.41) is 0. The van der Waals surface area contributed by atoms with Gasteiger partial charge in [0.05, 0.1) is 0 Å². The maximum Gasteiger partial charge on any atom is 0.306 e. The van der Waals surface area contributed by atoms with Gasteiger partial charge in [-0.1, -0.05) is 266 Å². The van der Waals surface area contributed by atoms with Crippen LogP contribution in [0.2, 0.25) is 0 Å². The van der Waals surface area contributed by atoms with Crippen LogP contribution in [0.15, 0.2) is 0 Å². The molecule has 0 N–H and O–H groups in total. The number of carbonyl (C=O) groups is 3. The molecule has 6 nitrogen and oxygen atoms in total. The number of ether oxygens (including phenoxy) is 3. The van der Waals surface area contributed by atoms with Gasteiger partial charge >= 0.3 is 17.9 Å². The Morgan fingerprint density at radius 3 is 0.803 bits per heavy atom. The Morgan fingerprint density at radius 1 is 0.311 bits per heavy atom. The van der Waals surface area contributed by atoms with Gasteiger partial charge in [0.1, 0.15) is 13.2 Å². The summed E-state index contributed by atoms with van der Waals surface area (Å²) < 4.78 is 16.8. The van der Waals surface area contributed by atoms with Crippen molar-refractivity contribution in [3.05, 3.63) is 0 Å². The van der Waals surface area contributed by atoms with Crippen molar-refractivity contribution in [1.82, 2.24) is 0 Å². The van der Waals surface area contributed by atoms with E-state index >= 15 is 0 Å². The lowest BCUT2D eigenvalue weighted by Gasteiger charge is -2.18. The summed E-state index contributed by atoms with van der Waals surface area (Å²) >= 11 is 0. The molecule has 0 aliphatic rings. The maximum absolute atomic E-state index is 12.8. The molecule has 0 amide bonds. The average Bonchev–Trinajstić information content (AvgIpc) is 3.23. The van der Waals surface area contributed by atoms with Crippen molar-refractivity contribution in [3.63, 3.8) is 0 Å². The van der Waals surface area contributed by atoms with Crippen molar-refractivity contribution in [2.75, 3.05) is 13.2 Å². The molecule has 0 aromatic rings. The number of rotatable bonds is 49. The van der Waals surface area contributed by atoms with Crippen molar-refractivity contribution in [2.45, 2.75) is 310 Å². The van der Waals surface area contributed by atoms with Crippen LogP contribution in [-0.2, 0) is 28.6 Å². The number of carbonyl (C=O) groups excluding carboxylic acids is 3. The van der Waals surface area contributed by atoms with E-state index in [9.17, 15) is 14.4 Å². The number of hydrogen-bond acceptors (Lipinski definition) is 6. The molecule has 0 aromatic carbocycles. The fourth-order valence-corrected chi connectivity index (χ4v) is 8.34. The molecular weight excluding hydrogens is 757 g/mol. The van der Waals surface area contributed by atoms with E-state index in [1.54, 1.807) is 0 Å². The molecule has 0 radical (unpaired) electrons. The Hall–Kier alpha value is -1.59. The van der Waals surface area contributed by atoms with Crippen LogP contribution in [-0.4, -0.2) is 37.2 Å². The molecule has 362 valence electrons. The molecule has 0 aliphatic carbocycles. The molecule has 0 saturated carbocycles. The SMILES string of the molecule is CCCCCCCCCCCCC(=O)OC[C@@H](COC(=O)CCCCCCCCCCCCCCCC(C)C)OC(=O)CCCCCCCCCCCCCCCCC(C)C. The van der Waals surface area contributed by atoms with Crippen LogP contribution in [0.25, 0.3) is 0 Å². The maximum atomic E-state index is 12.8. The smallest absolute Gasteiger partial charge is 0.306 e. The van der Waals surface area contributed by atoms with E-state index in [1.165, 1.54) is 193 Å². The third kappa shape index (κ3) is 49.3.